The molecule has 1 aromatic carbocycles. The molecular weight excluding hydrogens is 393 g/mol. The molecule has 4 aromatic rings. The van der Waals surface area contributed by atoms with Crippen LogP contribution in [0.1, 0.15) is 34.4 Å². The van der Waals surface area contributed by atoms with E-state index in [2.05, 4.69) is 15.0 Å². The molecule has 0 aliphatic carbocycles. The molecule has 4 rings (SSSR count). The lowest BCUT2D eigenvalue weighted by Gasteiger charge is -2.28. The van der Waals surface area contributed by atoms with E-state index in [0.29, 0.717) is 17.5 Å². The number of halogens is 1. The lowest BCUT2D eigenvalue weighted by Crippen LogP contribution is -2.18. The molecule has 156 valence electrons. The molecule has 0 bridgehead atoms. The van der Waals surface area contributed by atoms with Gasteiger partial charge in [0.05, 0.1) is 18.5 Å². The Morgan fingerprint density at radius 2 is 1.39 bits per heavy atom. The van der Waals surface area contributed by atoms with E-state index >= 15 is 0 Å². The molecule has 6 nitrogen and oxygen atoms in total. The zero-order valence-corrected chi connectivity index (χ0v) is 16.9. The Bertz CT molecular complexity index is 1170. The summed E-state index contributed by atoms with van der Waals surface area (Å²) in [6, 6.07) is 21.1. The van der Waals surface area contributed by atoms with Gasteiger partial charge < -0.3 is 16.2 Å². The summed E-state index contributed by atoms with van der Waals surface area (Å²) < 4.78 is 19.1. The molecule has 0 spiro atoms. The molecule has 3 heterocycles. The van der Waals surface area contributed by atoms with Gasteiger partial charge in [-0.3, -0.25) is 0 Å². The van der Waals surface area contributed by atoms with Crippen LogP contribution in [0.3, 0.4) is 0 Å². The minimum absolute atomic E-state index is 0.303. The third-order valence-corrected chi connectivity index (χ3v) is 5.11. The van der Waals surface area contributed by atoms with Crippen LogP contribution in [0.2, 0.25) is 0 Å². The number of methoxy groups -OCH3 is 1. The van der Waals surface area contributed by atoms with Crippen LogP contribution in [0, 0.1) is 5.82 Å². The van der Waals surface area contributed by atoms with Crippen molar-refractivity contribution >= 4 is 11.6 Å². The number of hydrogen-bond acceptors (Lipinski definition) is 6. The zero-order valence-electron chi connectivity index (χ0n) is 16.9. The summed E-state index contributed by atoms with van der Waals surface area (Å²) >= 11 is 0. The lowest BCUT2D eigenvalue weighted by atomic mass is 9.77. The highest BCUT2D eigenvalue weighted by molar-refractivity contribution is 5.44. The van der Waals surface area contributed by atoms with Crippen LogP contribution in [0.4, 0.5) is 16.0 Å². The number of nitrogen functional groups attached to an aromatic ring is 2. The predicted molar refractivity (Wildman–Crippen MR) is 118 cm³/mol. The lowest BCUT2D eigenvalue weighted by molar-refractivity contribution is 0.395. The summed E-state index contributed by atoms with van der Waals surface area (Å²) in [5.74, 6) is 0.383. The highest BCUT2D eigenvalue weighted by atomic mass is 19.1. The average molecular weight is 415 g/mol. The second-order valence-corrected chi connectivity index (χ2v) is 7.12. The maximum absolute atomic E-state index is 13.7. The molecule has 31 heavy (non-hydrogen) atoms. The van der Waals surface area contributed by atoms with Gasteiger partial charge in [0, 0.05) is 24.1 Å². The SMILES string of the molecule is COc1cccc(C(c2ccc(N)nc2)C(c2ccc(F)cc2)c2cccc(N)n2)n1. The molecule has 0 fully saturated rings. The minimum atomic E-state index is -0.312. The van der Waals surface area contributed by atoms with Gasteiger partial charge in [0.1, 0.15) is 17.5 Å². The Morgan fingerprint density at radius 1 is 0.742 bits per heavy atom. The Hall–Kier alpha value is -4.00. The van der Waals surface area contributed by atoms with Crippen molar-refractivity contribution in [2.45, 2.75) is 11.8 Å². The molecule has 7 heteroatoms. The van der Waals surface area contributed by atoms with Crippen LogP contribution in [0.15, 0.2) is 79.0 Å². The van der Waals surface area contributed by atoms with E-state index in [1.807, 2.05) is 30.3 Å². The molecule has 0 aliphatic heterocycles. The topological polar surface area (TPSA) is 99.9 Å². The first-order valence-corrected chi connectivity index (χ1v) is 9.75. The van der Waals surface area contributed by atoms with Crippen LogP contribution in [-0.4, -0.2) is 22.1 Å². The van der Waals surface area contributed by atoms with Crippen LogP contribution in [0.5, 0.6) is 5.88 Å². The smallest absolute Gasteiger partial charge is 0.213 e. The highest BCUT2D eigenvalue weighted by Crippen LogP contribution is 2.42. The van der Waals surface area contributed by atoms with Gasteiger partial charge in [-0.05, 0) is 47.5 Å². The average Bonchev–Trinajstić information content (AvgIpc) is 2.79. The predicted octanol–water partition coefficient (Wildman–Crippen LogP) is 4.15. The van der Waals surface area contributed by atoms with Crippen molar-refractivity contribution in [2.75, 3.05) is 18.6 Å². The number of anilines is 2. The van der Waals surface area contributed by atoms with Crippen molar-refractivity contribution in [3.05, 3.63) is 107 Å². The van der Waals surface area contributed by atoms with Crippen LogP contribution >= 0.6 is 0 Å². The maximum atomic E-state index is 13.7. The standard InChI is InChI=1S/C24H22FN5O/c1-31-22-7-3-5-19(30-22)24(16-10-13-20(26)28-14-16)23(15-8-11-17(25)12-9-15)18-4-2-6-21(27)29-18/h2-14,23-24H,1H3,(H2,26,28)(H2,27,29). The number of nitrogens with zero attached hydrogens (tertiary/aromatic N) is 3. The molecular formula is C24H22FN5O. The van der Waals surface area contributed by atoms with E-state index in [9.17, 15) is 4.39 Å². The molecule has 0 saturated carbocycles. The maximum Gasteiger partial charge on any atom is 0.213 e. The van der Waals surface area contributed by atoms with Gasteiger partial charge in [0.2, 0.25) is 5.88 Å². The van der Waals surface area contributed by atoms with Gasteiger partial charge in [0.25, 0.3) is 0 Å². The van der Waals surface area contributed by atoms with Crippen molar-refractivity contribution in [1.29, 1.82) is 0 Å². The van der Waals surface area contributed by atoms with Crippen molar-refractivity contribution in [1.82, 2.24) is 15.0 Å². The van der Waals surface area contributed by atoms with Gasteiger partial charge in [-0.1, -0.05) is 30.3 Å². The second-order valence-electron chi connectivity index (χ2n) is 7.12. The fourth-order valence-corrected chi connectivity index (χ4v) is 3.70. The molecule has 4 N–H and O–H groups in total. The van der Waals surface area contributed by atoms with Gasteiger partial charge in [0.15, 0.2) is 0 Å². The zero-order chi connectivity index (χ0) is 21.8. The van der Waals surface area contributed by atoms with Gasteiger partial charge >= 0.3 is 0 Å². The van der Waals surface area contributed by atoms with Crippen LogP contribution in [-0.2, 0) is 0 Å². The van der Waals surface area contributed by atoms with Crippen molar-refractivity contribution < 1.29 is 9.13 Å². The summed E-state index contributed by atoms with van der Waals surface area (Å²) in [4.78, 5) is 13.6. The van der Waals surface area contributed by atoms with Gasteiger partial charge in [-0.15, -0.1) is 0 Å². The quantitative estimate of drug-likeness (QED) is 0.491. The first-order chi connectivity index (χ1) is 15.0. The molecule has 2 atom stereocenters. The van der Waals surface area contributed by atoms with E-state index in [-0.39, 0.29) is 17.7 Å². The first-order valence-electron chi connectivity index (χ1n) is 9.75. The molecule has 3 aromatic heterocycles. The Kier molecular flexibility index (Phi) is 5.75. The van der Waals surface area contributed by atoms with Crippen molar-refractivity contribution in [3.63, 3.8) is 0 Å². The summed E-state index contributed by atoms with van der Waals surface area (Å²) in [5.41, 5.74) is 15.1. The Labute approximate surface area is 179 Å². The fourth-order valence-electron chi connectivity index (χ4n) is 3.70. The van der Waals surface area contributed by atoms with E-state index in [1.54, 1.807) is 43.6 Å². The number of ether oxygens (including phenoxy) is 1. The third kappa shape index (κ3) is 4.45. The minimum Gasteiger partial charge on any atom is -0.481 e. The number of benzene rings is 1. The first kappa shape index (κ1) is 20.3. The summed E-state index contributed by atoms with van der Waals surface area (Å²) in [6.45, 7) is 0. The number of nitrogens with two attached hydrogens (primary N) is 2. The molecule has 0 radical (unpaired) electrons. The number of rotatable bonds is 6. The fraction of sp³-hybridized carbons (Fsp3) is 0.125. The second kappa shape index (κ2) is 8.79. The summed E-state index contributed by atoms with van der Waals surface area (Å²) in [6.07, 6.45) is 1.73. The number of aromatic nitrogens is 3. The van der Waals surface area contributed by atoms with Crippen molar-refractivity contribution in [3.8, 4) is 5.88 Å². The Balaban J connectivity index is 1.96. The largest absolute Gasteiger partial charge is 0.481 e. The van der Waals surface area contributed by atoms with E-state index in [4.69, 9.17) is 16.2 Å². The van der Waals surface area contributed by atoms with Crippen molar-refractivity contribution in [2.24, 2.45) is 0 Å². The summed E-state index contributed by atoms with van der Waals surface area (Å²) in [5, 5.41) is 0. The molecule has 0 aliphatic rings. The van der Waals surface area contributed by atoms with E-state index in [1.165, 1.54) is 12.1 Å². The number of pyridine rings is 3. The molecule has 2 unspecified atom stereocenters. The Morgan fingerprint density at radius 3 is 2.03 bits per heavy atom. The van der Waals surface area contributed by atoms with Gasteiger partial charge in [-0.2, -0.15) is 0 Å². The highest BCUT2D eigenvalue weighted by Gasteiger charge is 2.31. The normalized spacial score (nSPS) is 12.8. The summed E-state index contributed by atoms with van der Waals surface area (Å²) in [7, 11) is 1.57. The third-order valence-electron chi connectivity index (χ3n) is 5.11. The number of hydrogen-bond donors (Lipinski definition) is 2. The van der Waals surface area contributed by atoms with Crippen LogP contribution < -0.4 is 16.2 Å². The van der Waals surface area contributed by atoms with E-state index in [0.717, 1.165) is 22.5 Å². The van der Waals surface area contributed by atoms with Gasteiger partial charge in [-0.25, -0.2) is 19.3 Å². The van der Waals surface area contributed by atoms with Crippen LogP contribution in [0.25, 0.3) is 0 Å². The molecule has 0 amide bonds. The molecule has 0 saturated heterocycles. The van der Waals surface area contributed by atoms with E-state index < -0.39 is 0 Å². The monoisotopic (exact) mass is 415 g/mol.